The average Bonchev–Trinajstić information content (AvgIpc) is 2.78. The van der Waals surface area contributed by atoms with E-state index < -0.39 is 40.9 Å². The van der Waals surface area contributed by atoms with E-state index in [1.165, 1.54) is 42.5 Å². The van der Waals surface area contributed by atoms with Gasteiger partial charge in [0.15, 0.2) is 5.75 Å². The molecule has 0 bridgehead atoms. The molecule has 0 fully saturated rings. The first kappa shape index (κ1) is 29.1. The van der Waals surface area contributed by atoms with Gasteiger partial charge >= 0.3 is 39.7 Å². The Hall–Kier alpha value is -2.45. The van der Waals surface area contributed by atoms with Crippen LogP contribution in [0.15, 0.2) is 93.5 Å². The van der Waals surface area contributed by atoms with E-state index in [9.17, 15) is 29.8 Å². The second-order valence-corrected chi connectivity index (χ2v) is 12.7. The van der Waals surface area contributed by atoms with E-state index in [0.29, 0.717) is 0 Å². The van der Waals surface area contributed by atoms with Crippen molar-refractivity contribution >= 4 is 46.7 Å². The molecular formula is C24H20NNaO8S3. The average molecular weight is 570 g/mol. The number of rotatable bonds is 7. The van der Waals surface area contributed by atoms with Crippen LogP contribution in [0.1, 0.15) is 11.1 Å². The normalized spacial score (nSPS) is 12.1. The fraction of sp³-hybridized carbons (Fsp3) is 0.0833. The fourth-order valence-electron chi connectivity index (χ4n) is 3.39. The van der Waals surface area contributed by atoms with Gasteiger partial charge in [-0.1, -0.05) is 35.4 Å². The molecule has 0 aliphatic rings. The van der Waals surface area contributed by atoms with Crippen LogP contribution in [0.25, 0.3) is 10.8 Å². The zero-order valence-electron chi connectivity index (χ0n) is 20.0. The van der Waals surface area contributed by atoms with Crippen molar-refractivity contribution in [2.45, 2.75) is 28.5 Å². The van der Waals surface area contributed by atoms with E-state index in [-0.39, 0.29) is 55.8 Å². The second kappa shape index (κ2) is 10.7. The van der Waals surface area contributed by atoms with Crippen molar-refractivity contribution in [1.29, 1.82) is 0 Å². The predicted molar refractivity (Wildman–Crippen MR) is 133 cm³/mol. The van der Waals surface area contributed by atoms with Crippen LogP contribution in [0.3, 0.4) is 0 Å². The standard InChI is InChI=1S/C24H21NO8S3.Na/c1-16-3-8-20(9-4-16)34(26,27)25-19-7-12-23-18(13-19)14-22(35(28,29)30)15-24(23)33-36(31,32)21-10-5-17(2)6-11-21;/h3-15,25H,1-2H3,(H,28,29,30);/q;+1/p-1. The molecule has 0 saturated heterocycles. The minimum atomic E-state index is -5.00. The summed E-state index contributed by atoms with van der Waals surface area (Å²) < 4.78 is 94.0. The number of hydrogen-bond acceptors (Lipinski definition) is 8. The third kappa shape index (κ3) is 6.71. The van der Waals surface area contributed by atoms with Gasteiger partial charge in [0.1, 0.15) is 15.0 Å². The second-order valence-electron chi connectivity index (χ2n) is 8.08. The first-order chi connectivity index (χ1) is 16.7. The number of fused-ring (bicyclic) bond motifs is 1. The summed E-state index contributed by atoms with van der Waals surface area (Å²) in [4.78, 5) is -0.890. The molecule has 13 heteroatoms. The summed E-state index contributed by atoms with van der Waals surface area (Å²) in [5.41, 5.74) is 1.76. The quantitative estimate of drug-likeness (QED) is 0.197. The Morgan fingerprint density at radius 2 is 1.22 bits per heavy atom. The molecule has 37 heavy (non-hydrogen) atoms. The largest absolute Gasteiger partial charge is 1.00 e. The van der Waals surface area contributed by atoms with Crippen LogP contribution in [0.4, 0.5) is 5.69 Å². The van der Waals surface area contributed by atoms with Crippen molar-refractivity contribution in [2.75, 3.05) is 4.72 Å². The van der Waals surface area contributed by atoms with Crippen LogP contribution in [0, 0.1) is 13.8 Å². The van der Waals surface area contributed by atoms with E-state index in [0.717, 1.165) is 23.3 Å². The van der Waals surface area contributed by atoms with Gasteiger partial charge < -0.3 is 8.74 Å². The molecule has 0 unspecified atom stereocenters. The van der Waals surface area contributed by atoms with Crippen molar-refractivity contribution in [3.05, 3.63) is 90.0 Å². The Labute approximate surface area is 237 Å². The molecule has 4 aromatic carbocycles. The molecule has 4 rings (SSSR count). The molecule has 0 heterocycles. The Morgan fingerprint density at radius 3 is 1.76 bits per heavy atom. The van der Waals surface area contributed by atoms with Crippen molar-refractivity contribution < 1.29 is 63.5 Å². The third-order valence-electron chi connectivity index (χ3n) is 5.27. The van der Waals surface area contributed by atoms with Crippen molar-refractivity contribution in [3.8, 4) is 5.75 Å². The van der Waals surface area contributed by atoms with Crippen molar-refractivity contribution in [1.82, 2.24) is 0 Å². The SMILES string of the molecule is Cc1ccc(S(=O)(=O)Nc2ccc3c(OS(=O)(=O)c4ccc(C)cc4)cc(S(=O)(=O)[O-])cc3c2)cc1.[Na+]. The Balaban J connectivity index is 0.00000380. The van der Waals surface area contributed by atoms with Crippen LogP contribution < -0.4 is 38.5 Å². The number of nitrogens with one attached hydrogen (secondary N) is 1. The smallest absolute Gasteiger partial charge is 0.744 e. The van der Waals surface area contributed by atoms with Gasteiger partial charge in [-0.15, -0.1) is 0 Å². The number of hydrogen-bond donors (Lipinski definition) is 1. The maximum absolute atomic E-state index is 12.8. The number of anilines is 1. The molecule has 0 aromatic heterocycles. The van der Waals surface area contributed by atoms with Crippen molar-refractivity contribution in [2.24, 2.45) is 0 Å². The maximum atomic E-state index is 12.8. The number of benzene rings is 4. The van der Waals surface area contributed by atoms with Gasteiger partial charge in [0.05, 0.1) is 9.79 Å². The molecule has 0 spiro atoms. The Morgan fingerprint density at radius 1 is 0.676 bits per heavy atom. The van der Waals surface area contributed by atoms with E-state index >= 15 is 0 Å². The summed E-state index contributed by atoms with van der Waals surface area (Å²) >= 11 is 0. The first-order valence-electron chi connectivity index (χ1n) is 10.4. The van der Waals surface area contributed by atoms with Crippen LogP contribution >= 0.6 is 0 Å². The third-order valence-corrected chi connectivity index (χ3v) is 8.73. The van der Waals surface area contributed by atoms with Gasteiger partial charge in [-0.25, -0.2) is 16.8 Å². The summed E-state index contributed by atoms with van der Waals surface area (Å²) in [6, 6.07) is 17.8. The fourth-order valence-corrected chi connectivity index (χ4v) is 5.90. The molecule has 0 radical (unpaired) electrons. The molecule has 9 nitrogen and oxygen atoms in total. The number of sulfonamides is 1. The van der Waals surface area contributed by atoms with Gasteiger partial charge in [0.25, 0.3) is 10.0 Å². The zero-order chi connectivity index (χ0) is 26.3. The summed E-state index contributed by atoms with van der Waals surface area (Å²) in [7, 11) is -13.3. The van der Waals surface area contributed by atoms with Crippen LogP contribution in [0.2, 0.25) is 0 Å². The van der Waals surface area contributed by atoms with Gasteiger partial charge in [-0.2, -0.15) is 8.42 Å². The number of aryl methyl sites for hydroxylation is 2. The van der Waals surface area contributed by atoms with Crippen LogP contribution in [-0.4, -0.2) is 29.8 Å². The van der Waals surface area contributed by atoms with E-state index in [1.807, 2.05) is 6.92 Å². The first-order valence-corrected chi connectivity index (χ1v) is 14.7. The van der Waals surface area contributed by atoms with E-state index in [4.69, 9.17) is 4.18 Å². The minimum absolute atomic E-state index is 0. The minimum Gasteiger partial charge on any atom is -0.744 e. The van der Waals surface area contributed by atoms with Crippen LogP contribution in [0.5, 0.6) is 5.75 Å². The molecule has 0 aliphatic heterocycles. The Kier molecular flexibility index (Phi) is 8.44. The van der Waals surface area contributed by atoms with Crippen molar-refractivity contribution in [3.63, 3.8) is 0 Å². The zero-order valence-corrected chi connectivity index (χ0v) is 24.4. The van der Waals surface area contributed by atoms with Gasteiger partial charge in [-0.3, -0.25) is 4.72 Å². The monoisotopic (exact) mass is 569 g/mol. The predicted octanol–water partition coefficient (Wildman–Crippen LogP) is 0.933. The molecule has 1 N–H and O–H groups in total. The molecule has 0 saturated carbocycles. The summed E-state index contributed by atoms with van der Waals surface area (Å²) in [5.74, 6) is -0.393. The van der Waals surface area contributed by atoms with Gasteiger partial charge in [-0.05, 0) is 67.8 Å². The molecule has 188 valence electrons. The van der Waals surface area contributed by atoms with E-state index in [2.05, 4.69) is 4.72 Å². The molecular weight excluding hydrogens is 549 g/mol. The Bertz CT molecular complexity index is 1790. The molecule has 0 amide bonds. The topological polar surface area (TPSA) is 147 Å². The summed E-state index contributed by atoms with van der Waals surface area (Å²) in [6.07, 6.45) is 0. The summed E-state index contributed by atoms with van der Waals surface area (Å²) in [6.45, 7) is 3.59. The van der Waals surface area contributed by atoms with Gasteiger partial charge in [0.2, 0.25) is 0 Å². The maximum Gasteiger partial charge on any atom is 1.00 e. The molecule has 0 atom stereocenters. The molecule has 0 aliphatic carbocycles. The van der Waals surface area contributed by atoms with Gasteiger partial charge in [0, 0.05) is 17.1 Å². The van der Waals surface area contributed by atoms with E-state index in [1.54, 1.807) is 31.2 Å². The van der Waals surface area contributed by atoms with Crippen LogP contribution in [-0.2, 0) is 30.3 Å². The molecule has 4 aromatic rings. The summed E-state index contributed by atoms with van der Waals surface area (Å²) in [5, 5.41) is 0.224.